The molecule has 1 saturated heterocycles. The second-order valence-electron chi connectivity index (χ2n) is 9.56. The van der Waals surface area contributed by atoms with Crippen molar-refractivity contribution in [3.8, 4) is 17.6 Å². The zero-order valence-electron chi connectivity index (χ0n) is 22.7. The number of aromatic nitrogens is 3. The highest BCUT2D eigenvalue weighted by atomic mass is 35.5. The van der Waals surface area contributed by atoms with Crippen molar-refractivity contribution in [2.45, 2.75) is 63.2 Å². The molecule has 1 fully saturated rings. The molecule has 3 heterocycles. The number of benzene rings is 1. The first-order valence-electron chi connectivity index (χ1n) is 12.7. The monoisotopic (exact) mass is 607 g/mol. The number of nitrogen functional groups attached to an aromatic ring is 1. The second kappa shape index (κ2) is 12.2. The number of anilines is 1. The Kier molecular flexibility index (Phi) is 9.13. The van der Waals surface area contributed by atoms with Gasteiger partial charge in [-0.15, -0.1) is 5.92 Å². The minimum absolute atomic E-state index is 0.127. The third kappa shape index (κ3) is 6.59. The summed E-state index contributed by atoms with van der Waals surface area (Å²) in [5.74, 6) is 4.87. The number of carbonyl (C=O) groups excluding carboxylic acids is 1. The van der Waals surface area contributed by atoms with Crippen LogP contribution in [0.1, 0.15) is 33.9 Å². The number of ether oxygens (including phenoxy) is 2. The normalized spacial score (nSPS) is 24.4. The van der Waals surface area contributed by atoms with Crippen LogP contribution in [0.15, 0.2) is 47.4 Å². The van der Waals surface area contributed by atoms with E-state index in [0.29, 0.717) is 0 Å². The van der Waals surface area contributed by atoms with Crippen LogP contribution >= 0.6 is 19.3 Å². The number of para-hydroxylation sites is 1. The van der Waals surface area contributed by atoms with E-state index in [-0.39, 0.29) is 22.7 Å². The van der Waals surface area contributed by atoms with E-state index in [1.54, 1.807) is 44.2 Å². The number of halogens is 1. The average Bonchev–Trinajstić information content (AvgIpc) is 3.42. The summed E-state index contributed by atoms with van der Waals surface area (Å²) in [6.07, 6.45) is -2.69. The lowest BCUT2D eigenvalue weighted by Crippen LogP contribution is -2.42. The second-order valence-corrected chi connectivity index (χ2v) is 11.9. The minimum atomic E-state index is -4.27. The van der Waals surface area contributed by atoms with Crippen molar-refractivity contribution in [3.63, 3.8) is 0 Å². The molecule has 0 saturated carbocycles. The summed E-state index contributed by atoms with van der Waals surface area (Å²) in [5, 5.41) is 14.0. The molecule has 1 aliphatic heterocycles. The summed E-state index contributed by atoms with van der Waals surface area (Å²) in [4.78, 5) is 29.7. The molecular formula is C26H31ClN5O8P. The quantitative estimate of drug-likeness (QED) is 0.115. The van der Waals surface area contributed by atoms with Gasteiger partial charge in [0.25, 0.3) is 5.56 Å². The van der Waals surface area contributed by atoms with Crippen LogP contribution in [0.25, 0.3) is 11.0 Å². The Bertz CT molecular complexity index is 1570. The summed E-state index contributed by atoms with van der Waals surface area (Å²) in [6, 6.07) is 8.63. The summed E-state index contributed by atoms with van der Waals surface area (Å²) in [5.41, 5.74) is 5.43. The number of nitrogens with one attached hydrogen (secondary N) is 2. The predicted octanol–water partition coefficient (Wildman–Crippen LogP) is 2.70. The molecule has 1 aliphatic rings. The largest absolute Gasteiger partial charge is 0.462 e. The van der Waals surface area contributed by atoms with Gasteiger partial charge in [0.1, 0.15) is 24.0 Å². The van der Waals surface area contributed by atoms with Crippen LogP contribution < -0.4 is 20.9 Å². The number of nitrogens with two attached hydrogens (primary N) is 1. The Labute approximate surface area is 240 Å². The number of rotatable bonds is 10. The Morgan fingerprint density at radius 1 is 1.34 bits per heavy atom. The molecule has 0 amide bonds. The fourth-order valence-electron chi connectivity index (χ4n) is 4.24. The van der Waals surface area contributed by atoms with Gasteiger partial charge in [0, 0.05) is 6.20 Å². The van der Waals surface area contributed by atoms with Gasteiger partial charge in [-0.2, -0.15) is 10.1 Å². The SMILES string of the molecule is CC#C[C@@]1(Cl)C(O)[C@@H](COP(=O)(NC(C)C(=O)OC(C)C)Oc2ccccc2)O[C@H]1n1ccc2c(=O)[nH]c(N)nc21. The third-order valence-electron chi connectivity index (χ3n) is 6.05. The molecule has 13 nitrogen and oxygen atoms in total. The van der Waals surface area contributed by atoms with Crippen molar-refractivity contribution < 1.29 is 33.0 Å². The van der Waals surface area contributed by atoms with Crippen LogP contribution in [-0.4, -0.2) is 61.4 Å². The van der Waals surface area contributed by atoms with E-state index >= 15 is 0 Å². The van der Waals surface area contributed by atoms with Crippen molar-refractivity contribution in [3.05, 3.63) is 52.9 Å². The average molecular weight is 608 g/mol. The molecule has 0 bridgehead atoms. The topological polar surface area (TPSA) is 180 Å². The Hall–Kier alpha value is -3.37. The van der Waals surface area contributed by atoms with Gasteiger partial charge in [-0.05, 0) is 45.9 Å². The predicted molar refractivity (Wildman–Crippen MR) is 151 cm³/mol. The van der Waals surface area contributed by atoms with Crippen molar-refractivity contribution in [1.82, 2.24) is 19.6 Å². The van der Waals surface area contributed by atoms with Crippen molar-refractivity contribution in [1.29, 1.82) is 0 Å². The first-order chi connectivity index (χ1) is 19.4. The maximum absolute atomic E-state index is 13.9. The smallest absolute Gasteiger partial charge is 0.459 e. The van der Waals surface area contributed by atoms with Crippen molar-refractivity contribution in [2.24, 2.45) is 0 Å². The highest BCUT2D eigenvalue weighted by Gasteiger charge is 2.56. The number of hydrogen-bond donors (Lipinski definition) is 4. The van der Waals surface area contributed by atoms with Crippen LogP contribution in [0.5, 0.6) is 5.75 Å². The molecule has 220 valence electrons. The van der Waals surface area contributed by atoms with Gasteiger partial charge in [-0.1, -0.05) is 35.7 Å². The number of carbonyl (C=O) groups is 1. The Balaban J connectivity index is 1.62. The highest BCUT2D eigenvalue weighted by molar-refractivity contribution is 7.52. The van der Waals surface area contributed by atoms with E-state index in [9.17, 15) is 19.3 Å². The van der Waals surface area contributed by atoms with Crippen molar-refractivity contribution >= 4 is 42.3 Å². The fourth-order valence-corrected chi connectivity index (χ4v) is 6.13. The number of nitrogens with zero attached hydrogens (tertiary/aromatic N) is 2. The van der Waals surface area contributed by atoms with Gasteiger partial charge in [0.05, 0.1) is 18.1 Å². The van der Waals surface area contributed by atoms with Crippen LogP contribution in [0, 0.1) is 11.8 Å². The molecule has 6 atom stereocenters. The number of aliphatic hydroxyl groups is 1. The molecule has 1 aromatic carbocycles. The molecule has 4 rings (SSSR count). The number of esters is 1. The summed E-state index contributed by atoms with van der Waals surface area (Å²) in [6.45, 7) is 5.86. The maximum atomic E-state index is 13.9. The van der Waals surface area contributed by atoms with Gasteiger partial charge >= 0.3 is 13.7 Å². The molecule has 3 unspecified atom stereocenters. The van der Waals surface area contributed by atoms with E-state index in [1.165, 1.54) is 30.7 Å². The maximum Gasteiger partial charge on any atom is 0.459 e. The van der Waals surface area contributed by atoms with Gasteiger partial charge in [0.2, 0.25) is 5.95 Å². The third-order valence-corrected chi connectivity index (χ3v) is 8.20. The summed E-state index contributed by atoms with van der Waals surface area (Å²) < 4.78 is 37.9. The van der Waals surface area contributed by atoms with Crippen LogP contribution in [-0.2, 0) is 23.4 Å². The Morgan fingerprint density at radius 2 is 2.05 bits per heavy atom. The van der Waals surface area contributed by atoms with Gasteiger partial charge < -0.3 is 29.4 Å². The number of aliphatic hydroxyl groups excluding tert-OH is 1. The van der Waals surface area contributed by atoms with Crippen LogP contribution in [0.3, 0.4) is 0 Å². The molecule has 0 radical (unpaired) electrons. The van der Waals surface area contributed by atoms with Gasteiger partial charge in [-0.25, -0.2) is 4.57 Å². The van der Waals surface area contributed by atoms with Gasteiger partial charge in [0.15, 0.2) is 16.7 Å². The number of H-pyrrole nitrogens is 1. The molecule has 15 heteroatoms. The first-order valence-corrected chi connectivity index (χ1v) is 14.6. The van der Waals surface area contributed by atoms with Gasteiger partial charge in [-0.3, -0.25) is 19.1 Å². The van der Waals surface area contributed by atoms with E-state index in [1.807, 2.05) is 0 Å². The molecular weight excluding hydrogens is 577 g/mol. The standard InChI is InChI=1S/C26H31ClN5O8P/c1-5-12-26(27)20(33)19(39-24(26)32-13-11-18-21(32)29-25(28)30-22(18)34)14-37-41(36,40-17-9-7-6-8-10-17)31-16(4)23(35)38-15(2)3/h6-11,13,15-16,19-20,24,33H,14H2,1-4H3,(H,31,36)(H3,28,29,30,34)/t16?,19-,20?,24-,26-,41?/m1/s1. The lowest BCUT2D eigenvalue weighted by atomic mass is 9.99. The first kappa shape index (κ1) is 30.6. The number of hydrogen-bond acceptors (Lipinski definition) is 10. The fraction of sp³-hybridized carbons (Fsp3) is 0.423. The number of aromatic amines is 1. The number of alkyl halides is 1. The van der Waals surface area contributed by atoms with Crippen molar-refractivity contribution in [2.75, 3.05) is 12.3 Å². The molecule has 41 heavy (non-hydrogen) atoms. The summed E-state index contributed by atoms with van der Waals surface area (Å²) >= 11 is 6.86. The zero-order valence-corrected chi connectivity index (χ0v) is 24.4. The lowest BCUT2D eigenvalue weighted by molar-refractivity contribution is -0.149. The van der Waals surface area contributed by atoms with E-state index in [0.717, 1.165) is 0 Å². The number of fused-ring (bicyclic) bond motifs is 1. The zero-order chi connectivity index (χ0) is 29.9. The van der Waals surface area contributed by atoms with Crippen LogP contribution in [0.4, 0.5) is 5.95 Å². The highest BCUT2D eigenvalue weighted by Crippen LogP contribution is 2.48. The molecule has 0 aliphatic carbocycles. The van der Waals surface area contributed by atoms with E-state index in [2.05, 4.69) is 26.9 Å². The molecule has 3 aromatic rings. The molecule has 2 aromatic heterocycles. The van der Waals surface area contributed by atoms with E-state index in [4.69, 9.17) is 35.9 Å². The lowest BCUT2D eigenvalue weighted by Gasteiger charge is -2.26. The van der Waals surface area contributed by atoms with Crippen LogP contribution in [0.2, 0.25) is 0 Å². The molecule has 0 spiro atoms. The summed E-state index contributed by atoms with van der Waals surface area (Å²) in [7, 11) is -4.27. The Morgan fingerprint density at radius 3 is 2.71 bits per heavy atom. The van der Waals surface area contributed by atoms with E-state index < -0.39 is 61.3 Å². The molecule has 5 N–H and O–H groups in total. The minimum Gasteiger partial charge on any atom is -0.462 e.